The summed E-state index contributed by atoms with van der Waals surface area (Å²) in [5, 5.41) is 4.57. The van der Waals surface area contributed by atoms with Crippen molar-refractivity contribution in [2.24, 2.45) is 5.92 Å². The highest BCUT2D eigenvalue weighted by atomic mass is 32.2. The largest absolute Gasteiger partial charge is 0.322 e. The molecule has 1 heterocycles. The smallest absolute Gasteiger partial charge is 0.244 e. The Bertz CT molecular complexity index is 384. The Morgan fingerprint density at radius 1 is 1.19 bits per heavy atom. The van der Waals surface area contributed by atoms with E-state index in [2.05, 4.69) is 30.3 Å². The maximum atomic E-state index is 13.2. The van der Waals surface area contributed by atoms with Crippen molar-refractivity contribution in [2.45, 2.75) is 88.2 Å². The number of nitrogens with one attached hydrogen (secondary N) is 1. The molecule has 2 saturated carbocycles. The molecule has 4 heteroatoms. The predicted octanol–water partition coefficient (Wildman–Crippen LogP) is 3.39. The van der Waals surface area contributed by atoms with Gasteiger partial charge in [0.25, 0.3) is 0 Å². The molecule has 1 atom stereocenters. The van der Waals surface area contributed by atoms with Gasteiger partial charge in [0.05, 0.1) is 11.7 Å². The van der Waals surface area contributed by atoms with Crippen LogP contribution in [-0.2, 0) is 4.79 Å². The average Bonchev–Trinajstić information content (AvgIpc) is 3.07. The first-order valence-electron chi connectivity index (χ1n) is 8.70. The van der Waals surface area contributed by atoms with E-state index in [0.29, 0.717) is 17.9 Å². The van der Waals surface area contributed by atoms with E-state index >= 15 is 0 Å². The molecule has 3 rings (SSSR count). The molecule has 1 amide bonds. The van der Waals surface area contributed by atoms with Gasteiger partial charge >= 0.3 is 0 Å². The molecule has 1 aliphatic heterocycles. The molecule has 0 aromatic heterocycles. The summed E-state index contributed by atoms with van der Waals surface area (Å²) >= 11 is 2.00. The van der Waals surface area contributed by atoms with Crippen molar-refractivity contribution >= 4 is 17.7 Å². The van der Waals surface area contributed by atoms with Crippen molar-refractivity contribution in [3.8, 4) is 0 Å². The highest BCUT2D eigenvalue weighted by Gasteiger charge is 2.54. The molecular weight excluding hydrogens is 280 g/mol. The number of nitrogens with zero attached hydrogens (tertiary/aromatic N) is 1. The lowest BCUT2D eigenvalue weighted by Gasteiger charge is -2.38. The fraction of sp³-hybridized carbons (Fsp3) is 0.941. The summed E-state index contributed by atoms with van der Waals surface area (Å²) in [6.07, 6.45) is 11.9. The van der Waals surface area contributed by atoms with Crippen molar-refractivity contribution in [1.29, 1.82) is 0 Å². The van der Waals surface area contributed by atoms with Crippen LogP contribution in [0.2, 0.25) is 0 Å². The Hall–Kier alpha value is -0.220. The molecule has 3 aliphatic rings. The van der Waals surface area contributed by atoms with Gasteiger partial charge in [0.2, 0.25) is 5.91 Å². The van der Waals surface area contributed by atoms with E-state index < -0.39 is 0 Å². The topological polar surface area (TPSA) is 32.3 Å². The molecule has 120 valence electrons. The summed E-state index contributed by atoms with van der Waals surface area (Å²) in [5.41, 5.74) is -0.203. The second-order valence-corrected chi connectivity index (χ2v) is 8.64. The minimum absolute atomic E-state index is 0.203. The Morgan fingerprint density at radius 3 is 2.33 bits per heavy atom. The van der Waals surface area contributed by atoms with Gasteiger partial charge in [-0.15, -0.1) is 0 Å². The molecule has 21 heavy (non-hydrogen) atoms. The van der Waals surface area contributed by atoms with Crippen LogP contribution in [-0.4, -0.2) is 40.1 Å². The molecule has 1 unspecified atom stereocenters. The standard InChI is InChI=1S/C17H30N2OS/c1-12(2)15-18-17(10-4-5-11-17)16(20)19(15)13-6-8-14(21-3)9-7-13/h12-15,18H,4-11H2,1-3H3. The van der Waals surface area contributed by atoms with Crippen LogP contribution in [0.25, 0.3) is 0 Å². The third kappa shape index (κ3) is 2.74. The van der Waals surface area contributed by atoms with E-state index in [-0.39, 0.29) is 11.7 Å². The lowest BCUT2D eigenvalue weighted by atomic mass is 9.91. The molecule has 1 spiro atoms. The normalized spacial score (nSPS) is 36.1. The average molecular weight is 311 g/mol. The third-order valence-electron chi connectivity index (χ3n) is 5.83. The van der Waals surface area contributed by atoms with E-state index in [1.807, 2.05) is 11.8 Å². The lowest BCUT2D eigenvalue weighted by molar-refractivity contribution is -0.136. The summed E-state index contributed by atoms with van der Waals surface area (Å²) in [5.74, 6) is 0.915. The Morgan fingerprint density at radius 2 is 1.81 bits per heavy atom. The number of thioether (sulfide) groups is 1. The quantitative estimate of drug-likeness (QED) is 0.867. The van der Waals surface area contributed by atoms with Gasteiger partial charge < -0.3 is 4.90 Å². The van der Waals surface area contributed by atoms with Crippen LogP contribution in [0.15, 0.2) is 0 Å². The van der Waals surface area contributed by atoms with Crippen LogP contribution in [0.5, 0.6) is 0 Å². The summed E-state index contributed by atoms with van der Waals surface area (Å²) in [6, 6.07) is 0.473. The molecule has 0 radical (unpaired) electrons. The van der Waals surface area contributed by atoms with E-state index in [4.69, 9.17) is 0 Å². The molecule has 0 aromatic carbocycles. The SMILES string of the molecule is CSC1CCC(N2C(=O)C3(CCCC3)NC2C(C)C)CC1. The van der Waals surface area contributed by atoms with Gasteiger partial charge in [-0.1, -0.05) is 26.7 Å². The minimum Gasteiger partial charge on any atom is -0.322 e. The number of carbonyl (C=O) groups excluding carboxylic acids is 1. The first-order chi connectivity index (χ1) is 10.1. The van der Waals surface area contributed by atoms with Gasteiger partial charge in [0, 0.05) is 11.3 Å². The molecule has 1 N–H and O–H groups in total. The van der Waals surface area contributed by atoms with Gasteiger partial charge in [0.1, 0.15) is 0 Å². The number of rotatable bonds is 3. The van der Waals surface area contributed by atoms with Gasteiger partial charge in [-0.05, 0) is 50.7 Å². The first-order valence-corrected chi connectivity index (χ1v) is 9.99. The van der Waals surface area contributed by atoms with Gasteiger partial charge in [-0.25, -0.2) is 0 Å². The lowest BCUT2D eigenvalue weighted by Crippen LogP contribution is -2.48. The molecular formula is C17H30N2OS. The Kier molecular flexibility index (Phi) is 4.56. The maximum Gasteiger partial charge on any atom is 0.244 e. The van der Waals surface area contributed by atoms with E-state index in [1.54, 1.807) is 0 Å². The van der Waals surface area contributed by atoms with Gasteiger partial charge in [-0.3, -0.25) is 10.1 Å². The molecule has 1 saturated heterocycles. The maximum absolute atomic E-state index is 13.2. The van der Waals surface area contributed by atoms with Crippen molar-refractivity contribution in [1.82, 2.24) is 10.2 Å². The molecule has 3 nitrogen and oxygen atoms in total. The van der Waals surface area contributed by atoms with Crippen molar-refractivity contribution in [3.63, 3.8) is 0 Å². The second-order valence-electron chi connectivity index (χ2n) is 7.50. The van der Waals surface area contributed by atoms with Crippen LogP contribution >= 0.6 is 11.8 Å². The van der Waals surface area contributed by atoms with Gasteiger partial charge in [0.15, 0.2) is 0 Å². The van der Waals surface area contributed by atoms with Crippen molar-refractivity contribution < 1.29 is 4.79 Å². The third-order valence-corrected chi connectivity index (χ3v) is 6.96. The van der Waals surface area contributed by atoms with Crippen LogP contribution in [0.3, 0.4) is 0 Å². The summed E-state index contributed by atoms with van der Waals surface area (Å²) in [4.78, 5) is 15.4. The highest BCUT2D eigenvalue weighted by Crippen LogP contribution is 2.41. The molecule has 3 fully saturated rings. The molecule has 0 bridgehead atoms. The fourth-order valence-corrected chi connectivity index (χ4v) is 5.31. The van der Waals surface area contributed by atoms with Crippen LogP contribution < -0.4 is 5.32 Å². The number of amides is 1. The molecule has 2 aliphatic carbocycles. The van der Waals surface area contributed by atoms with E-state index in [1.165, 1.54) is 38.5 Å². The Labute approximate surface area is 133 Å². The van der Waals surface area contributed by atoms with Crippen LogP contribution in [0.1, 0.15) is 65.2 Å². The summed E-state index contributed by atoms with van der Waals surface area (Å²) in [7, 11) is 0. The monoisotopic (exact) mass is 310 g/mol. The second kappa shape index (κ2) is 6.11. The van der Waals surface area contributed by atoms with Crippen molar-refractivity contribution in [2.75, 3.05) is 6.26 Å². The number of carbonyl (C=O) groups is 1. The minimum atomic E-state index is -0.203. The summed E-state index contributed by atoms with van der Waals surface area (Å²) < 4.78 is 0. The fourth-order valence-electron chi connectivity index (χ4n) is 4.56. The zero-order valence-electron chi connectivity index (χ0n) is 13.7. The zero-order valence-corrected chi connectivity index (χ0v) is 14.5. The number of hydrogen-bond donors (Lipinski definition) is 1. The summed E-state index contributed by atoms with van der Waals surface area (Å²) in [6.45, 7) is 4.50. The van der Waals surface area contributed by atoms with Crippen LogP contribution in [0, 0.1) is 5.92 Å². The van der Waals surface area contributed by atoms with Crippen molar-refractivity contribution in [3.05, 3.63) is 0 Å². The van der Waals surface area contributed by atoms with E-state index in [0.717, 1.165) is 18.1 Å². The molecule has 0 aromatic rings. The van der Waals surface area contributed by atoms with E-state index in [9.17, 15) is 4.79 Å². The highest BCUT2D eigenvalue weighted by molar-refractivity contribution is 7.99. The van der Waals surface area contributed by atoms with Gasteiger partial charge in [-0.2, -0.15) is 11.8 Å². The first kappa shape index (κ1) is 15.7. The number of hydrogen-bond acceptors (Lipinski definition) is 3. The van der Waals surface area contributed by atoms with Crippen LogP contribution in [0.4, 0.5) is 0 Å². The Balaban J connectivity index is 1.77. The zero-order chi connectivity index (χ0) is 15.0. The predicted molar refractivity (Wildman–Crippen MR) is 89.4 cm³/mol.